The maximum absolute atomic E-state index is 11.9. The summed E-state index contributed by atoms with van der Waals surface area (Å²) in [6.07, 6.45) is 2.51. The van der Waals surface area contributed by atoms with E-state index in [1.165, 1.54) is 0 Å². The highest BCUT2D eigenvalue weighted by atomic mass is 16.2. The van der Waals surface area contributed by atoms with E-state index in [0.717, 1.165) is 42.7 Å². The van der Waals surface area contributed by atoms with Gasteiger partial charge in [-0.25, -0.2) is 0 Å². The Balaban J connectivity index is 1.71. The predicted molar refractivity (Wildman–Crippen MR) is 87.8 cm³/mol. The molecular formula is C17H25N3O2. The van der Waals surface area contributed by atoms with E-state index in [1.807, 2.05) is 32.0 Å². The molecule has 0 radical (unpaired) electrons. The predicted octanol–water partition coefficient (Wildman–Crippen LogP) is 1.75. The van der Waals surface area contributed by atoms with Crippen LogP contribution in [0.25, 0.3) is 0 Å². The zero-order chi connectivity index (χ0) is 15.9. The normalized spacial score (nSPS) is 17.3. The van der Waals surface area contributed by atoms with Crippen molar-refractivity contribution in [3.63, 3.8) is 0 Å². The number of rotatable bonds is 6. The van der Waals surface area contributed by atoms with Crippen LogP contribution < -0.4 is 16.0 Å². The zero-order valence-corrected chi connectivity index (χ0v) is 13.4. The molecule has 5 heteroatoms. The van der Waals surface area contributed by atoms with Crippen molar-refractivity contribution in [1.82, 2.24) is 10.6 Å². The van der Waals surface area contributed by atoms with Gasteiger partial charge in [-0.15, -0.1) is 0 Å². The molecular weight excluding hydrogens is 278 g/mol. The fourth-order valence-corrected chi connectivity index (χ4v) is 2.76. The van der Waals surface area contributed by atoms with Gasteiger partial charge < -0.3 is 16.0 Å². The lowest BCUT2D eigenvalue weighted by Gasteiger charge is -2.12. The summed E-state index contributed by atoms with van der Waals surface area (Å²) in [4.78, 5) is 23.7. The summed E-state index contributed by atoms with van der Waals surface area (Å²) in [5.41, 5.74) is 2.88. The molecule has 1 aromatic rings. The standard InChI is InChI=1S/C17H25N3O2/c1-12-4-3-5-13(2)17(12)20-16(22)11-19-15(21)7-6-14-8-9-18-10-14/h3-5,14,18H,6-11H2,1-2H3,(H,19,21)(H,20,22). The van der Waals surface area contributed by atoms with Crippen LogP contribution in [0.4, 0.5) is 5.69 Å². The molecule has 5 nitrogen and oxygen atoms in total. The summed E-state index contributed by atoms with van der Waals surface area (Å²) < 4.78 is 0. The van der Waals surface area contributed by atoms with Gasteiger partial charge >= 0.3 is 0 Å². The molecule has 3 N–H and O–H groups in total. The van der Waals surface area contributed by atoms with Gasteiger partial charge in [0.25, 0.3) is 0 Å². The van der Waals surface area contributed by atoms with Crippen molar-refractivity contribution in [2.24, 2.45) is 5.92 Å². The van der Waals surface area contributed by atoms with Crippen LogP contribution in [0.3, 0.4) is 0 Å². The molecule has 2 rings (SSSR count). The number of carbonyl (C=O) groups is 2. The van der Waals surface area contributed by atoms with Crippen molar-refractivity contribution in [2.75, 3.05) is 25.0 Å². The molecule has 1 aromatic carbocycles. The molecule has 1 atom stereocenters. The van der Waals surface area contributed by atoms with Crippen LogP contribution in [-0.2, 0) is 9.59 Å². The van der Waals surface area contributed by atoms with E-state index in [9.17, 15) is 9.59 Å². The SMILES string of the molecule is Cc1cccc(C)c1NC(=O)CNC(=O)CCC1CCNC1. The summed E-state index contributed by atoms with van der Waals surface area (Å²) in [7, 11) is 0. The van der Waals surface area contributed by atoms with Gasteiger partial charge in [-0.3, -0.25) is 9.59 Å². The topological polar surface area (TPSA) is 70.2 Å². The number of hydrogen-bond acceptors (Lipinski definition) is 3. The van der Waals surface area contributed by atoms with Crippen molar-refractivity contribution in [1.29, 1.82) is 0 Å². The van der Waals surface area contributed by atoms with Gasteiger partial charge in [0, 0.05) is 12.1 Å². The number of anilines is 1. The van der Waals surface area contributed by atoms with E-state index < -0.39 is 0 Å². The van der Waals surface area contributed by atoms with Crippen LogP contribution in [-0.4, -0.2) is 31.4 Å². The first-order valence-electron chi connectivity index (χ1n) is 7.89. The maximum Gasteiger partial charge on any atom is 0.243 e. The van der Waals surface area contributed by atoms with Crippen molar-refractivity contribution in [2.45, 2.75) is 33.1 Å². The number of aryl methyl sites for hydroxylation is 2. The molecule has 1 aliphatic heterocycles. The Labute approximate surface area is 131 Å². The summed E-state index contributed by atoms with van der Waals surface area (Å²) in [5.74, 6) is 0.353. The minimum absolute atomic E-state index is 0.0233. The average molecular weight is 303 g/mol. The van der Waals surface area contributed by atoms with Gasteiger partial charge in [0.2, 0.25) is 11.8 Å². The average Bonchev–Trinajstić information content (AvgIpc) is 3.00. The van der Waals surface area contributed by atoms with Crippen LogP contribution in [0.5, 0.6) is 0 Å². The summed E-state index contributed by atoms with van der Waals surface area (Å²) in [6, 6.07) is 5.87. The number of nitrogens with one attached hydrogen (secondary N) is 3. The monoisotopic (exact) mass is 303 g/mol. The largest absolute Gasteiger partial charge is 0.347 e. The van der Waals surface area contributed by atoms with Crippen LogP contribution in [0.15, 0.2) is 18.2 Å². The lowest BCUT2D eigenvalue weighted by Crippen LogP contribution is -2.33. The molecule has 0 saturated carbocycles. The Morgan fingerprint density at radius 1 is 1.23 bits per heavy atom. The number of hydrogen-bond donors (Lipinski definition) is 3. The molecule has 0 aromatic heterocycles. The van der Waals surface area contributed by atoms with E-state index in [1.54, 1.807) is 0 Å². The first-order valence-corrected chi connectivity index (χ1v) is 7.89. The maximum atomic E-state index is 11.9. The minimum atomic E-state index is -0.187. The zero-order valence-electron chi connectivity index (χ0n) is 13.4. The summed E-state index contributed by atoms with van der Waals surface area (Å²) in [6.45, 7) is 5.98. The third-order valence-electron chi connectivity index (χ3n) is 4.13. The molecule has 2 amide bonds. The van der Waals surface area contributed by atoms with Crippen molar-refractivity contribution < 1.29 is 9.59 Å². The van der Waals surface area contributed by atoms with Crippen LogP contribution in [0.2, 0.25) is 0 Å². The summed E-state index contributed by atoms with van der Waals surface area (Å²) >= 11 is 0. The second-order valence-corrected chi connectivity index (χ2v) is 5.99. The number of carbonyl (C=O) groups excluding carboxylic acids is 2. The third-order valence-corrected chi connectivity index (χ3v) is 4.13. The highest BCUT2D eigenvalue weighted by Gasteiger charge is 2.16. The van der Waals surface area contributed by atoms with Gasteiger partial charge in [0.15, 0.2) is 0 Å². The quantitative estimate of drug-likeness (QED) is 0.750. The number of benzene rings is 1. The molecule has 1 fully saturated rings. The van der Waals surface area contributed by atoms with Crippen molar-refractivity contribution >= 4 is 17.5 Å². The smallest absolute Gasteiger partial charge is 0.243 e. The number of amides is 2. The fourth-order valence-electron chi connectivity index (χ4n) is 2.76. The lowest BCUT2D eigenvalue weighted by molar-refractivity contribution is -0.124. The molecule has 1 aliphatic rings. The Kier molecular flexibility index (Phi) is 5.95. The van der Waals surface area contributed by atoms with E-state index >= 15 is 0 Å². The number of para-hydroxylation sites is 1. The molecule has 22 heavy (non-hydrogen) atoms. The summed E-state index contributed by atoms with van der Waals surface area (Å²) in [5, 5.41) is 8.85. The van der Waals surface area contributed by atoms with E-state index in [-0.39, 0.29) is 18.4 Å². The minimum Gasteiger partial charge on any atom is -0.347 e. The van der Waals surface area contributed by atoms with E-state index in [0.29, 0.717) is 12.3 Å². The molecule has 1 saturated heterocycles. The molecule has 0 bridgehead atoms. The highest BCUT2D eigenvalue weighted by Crippen LogP contribution is 2.19. The van der Waals surface area contributed by atoms with Crippen LogP contribution >= 0.6 is 0 Å². The molecule has 1 heterocycles. The Morgan fingerprint density at radius 3 is 2.59 bits per heavy atom. The van der Waals surface area contributed by atoms with Gasteiger partial charge in [-0.1, -0.05) is 18.2 Å². The second kappa shape index (κ2) is 7.94. The Bertz CT molecular complexity index is 516. The molecule has 1 unspecified atom stereocenters. The Hall–Kier alpha value is -1.88. The first kappa shape index (κ1) is 16.5. The van der Waals surface area contributed by atoms with Crippen LogP contribution in [0.1, 0.15) is 30.4 Å². The lowest BCUT2D eigenvalue weighted by atomic mass is 10.0. The fraction of sp³-hybridized carbons (Fsp3) is 0.529. The van der Waals surface area contributed by atoms with E-state index in [2.05, 4.69) is 16.0 Å². The Morgan fingerprint density at radius 2 is 1.95 bits per heavy atom. The van der Waals surface area contributed by atoms with Crippen LogP contribution in [0, 0.1) is 19.8 Å². The van der Waals surface area contributed by atoms with Gasteiger partial charge in [0.05, 0.1) is 6.54 Å². The van der Waals surface area contributed by atoms with Gasteiger partial charge in [0.1, 0.15) is 0 Å². The highest BCUT2D eigenvalue weighted by molar-refractivity contribution is 5.95. The van der Waals surface area contributed by atoms with Gasteiger partial charge in [-0.05, 0) is 56.8 Å². The first-order chi connectivity index (χ1) is 10.6. The third kappa shape index (κ3) is 4.84. The molecule has 0 spiro atoms. The van der Waals surface area contributed by atoms with E-state index in [4.69, 9.17) is 0 Å². The van der Waals surface area contributed by atoms with Crippen molar-refractivity contribution in [3.05, 3.63) is 29.3 Å². The van der Waals surface area contributed by atoms with Gasteiger partial charge in [-0.2, -0.15) is 0 Å². The second-order valence-electron chi connectivity index (χ2n) is 5.99. The molecule has 0 aliphatic carbocycles. The van der Waals surface area contributed by atoms with Crippen molar-refractivity contribution in [3.8, 4) is 0 Å². The molecule has 120 valence electrons.